The standard InChI is InChI=1S/C5H8NO/c1-5(6)3-2-4-7/h5,7H,1,4,6H2. The molecule has 0 saturated carbocycles. The maximum atomic E-state index is 8.06. The van der Waals surface area contributed by atoms with Crippen LogP contribution >= 0.6 is 0 Å². The third-order valence-corrected chi connectivity index (χ3v) is 0.367. The number of nitrogens with two attached hydrogens (primary N) is 1. The van der Waals surface area contributed by atoms with E-state index in [1.165, 1.54) is 0 Å². The van der Waals surface area contributed by atoms with E-state index in [-0.39, 0.29) is 12.6 Å². The van der Waals surface area contributed by atoms with E-state index in [9.17, 15) is 0 Å². The van der Waals surface area contributed by atoms with Gasteiger partial charge in [0.05, 0.1) is 6.04 Å². The van der Waals surface area contributed by atoms with E-state index >= 15 is 0 Å². The van der Waals surface area contributed by atoms with E-state index in [4.69, 9.17) is 10.8 Å². The van der Waals surface area contributed by atoms with Gasteiger partial charge in [-0.05, 0) is 6.92 Å². The van der Waals surface area contributed by atoms with E-state index < -0.39 is 0 Å². The lowest BCUT2D eigenvalue weighted by Crippen LogP contribution is -2.11. The first-order valence-corrected chi connectivity index (χ1v) is 1.95. The molecular weight excluding hydrogens is 90.1 g/mol. The van der Waals surface area contributed by atoms with E-state index in [2.05, 4.69) is 18.8 Å². The van der Waals surface area contributed by atoms with Crippen LogP contribution in [-0.2, 0) is 0 Å². The summed E-state index contributed by atoms with van der Waals surface area (Å²) in [7, 11) is 0. The highest BCUT2D eigenvalue weighted by Crippen LogP contribution is 1.63. The van der Waals surface area contributed by atoms with Crippen molar-refractivity contribution >= 4 is 0 Å². The molecule has 1 atom stereocenters. The molecule has 2 heteroatoms. The second kappa shape index (κ2) is 3.66. The average Bonchev–Trinajstić information content (AvgIpc) is 1.61. The van der Waals surface area contributed by atoms with Crippen molar-refractivity contribution in [1.29, 1.82) is 0 Å². The predicted molar refractivity (Wildman–Crippen MR) is 28.2 cm³/mol. The van der Waals surface area contributed by atoms with Gasteiger partial charge in [0.25, 0.3) is 0 Å². The molecule has 0 aromatic rings. The Morgan fingerprint density at radius 3 is 2.57 bits per heavy atom. The lowest BCUT2D eigenvalue weighted by Gasteiger charge is -1.84. The summed E-state index contributed by atoms with van der Waals surface area (Å²) in [6, 6.07) is -0.368. The summed E-state index contributed by atoms with van der Waals surface area (Å²) >= 11 is 0. The van der Waals surface area contributed by atoms with Crippen LogP contribution in [0.1, 0.15) is 0 Å². The molecule has 0 bridgehead atoms. The van der Waals surface area contributed by atoms with Crippen LogP contribution in [0.4, 0.5) is 0 Å². The van der Waals surface area contributed by atoms with Crippen LogP contribution in [0.15, 0.2) is 0 Å². The van der Waals surface area contributed by atoms with Gasteiger partial charge in [-0.15, -0.1) is 0 Å². The second-order valence-electron chi connectivity index (χ2n) is 1.09. The molecular formula is C5H8NO. The van der Waals surface area contributed by atoms with Crippen molar-refractivity contribution in [3.05, 3.63) is 6.92 Å². The molecule has 0 heterocycles. The Morgan fingerprint density at radius 1 is 1.86 bits per heavy atom. The number of rotatable bonds is 0. The van der Waals surface area contributed by atoms with Gasteiger partial charge in [0.1, 0.15) is 6.61 Å². The molecule has 1 radical (unpaired) electrons. The van der Waals surface area contributed by atoms with E-state index in [1.54, 1.807) is 0 Å². The number of hydrogen-bond donors (Lipinski definition) is 2. The molecule has 0 spiro atoms. The van der Waals surface area contributed by atoms with Gasteiger partial charge in [0.15, 0.2) is 0 Å². The summed E-state index contributed by atoms with van der Waals surface area (Å²) < 4.78 is 0. The Balaban J connectivity index is 3.24. The van der Waals surface area contributed by atoms with Gasteiger partial charge in [-0.25, -0.2) is 0 Å². The van der Waals surface area contributed by atoms with Crippen LogP contribution in [0.2, 0.25) is 0 Å². The van der Waals surface area contributed by atoms with Crippen LogP contribution in [0, 0.1) is 18.8 Å². The van der Waals surface area contributed by atoms with E-state index in [1.807, 2.05) is 0 Å². The van der Waals surface area contributed by atoms with Crippen molar-refractivity contribution in [2.24, 2.45) is 5.73 Å². The molecule has 7 heavy (non-hydrogen) atoms. The fourth-order valence-electron chi connectivity index (χ4n) is 0.177. The average molecular weight is 98.1 g/mol. The van der Waals surface area contributed by atoms with E-state index in [0.29, 0.717) is 0 Å². The summed E-state index contributed by atoms with van der Waals surface area (Å²) in [6.07, 6.45) is 0. The Bertz CT molecular complexity index is 88.0. The molecule has 2 nitrogen and oxygen atoms in total. The maximum Gasteiger partial charge on any atom is 0.104 e. The van der Waals surface area contributed by atoms with Crippen molar-refractivity contribution in [3.63, 3.8) is 0 Å². The molecule has 0 aromatic carbocycles. The molecule has 0 rings (SSSR count). The molecule has 0 aliphatic rings. The first kappa shape index (κ1) is 6.48. The molecule has 1 unspecified atom stereocenters. The van der Waals surface area contributed by atoms with Gasteiger partial charge in [-0.1, -0.05) is 11.8 Å². The van der Waals surface area contributed by atoms with Crippen LogP contribution < -0.4 is 5.73 Å². The van der Waals surface area contributed by atoms with Crippen molar-refractivity contribution in [1.82, 2.24) is 0 Å². The first-order valence-electron chi connectivity index (χ1n) is 1.95. The Hall–Kier alpha value is -0.520. The Labute approximate surface area is 43.3 Å². The van der Waals surface area contributed by atoms with Crippen molar-refractivity contribution in [2.45, 2.75) is 6.04 Å². The van der Waals surface area contributed by atoms with Gasteiger partial charge < -0.3 is 10.8 Å². The SMILES string of the molecule is [CH2]C(N)C#CCO. The lowest BCUT2D eigenvalue weighted by atomic mass is 10.4. The van der Waals surface area contributed by atoms with Gasteiger partial charge >= 0.3 is 0 Å². The minimum absolute atomic E-state index is 0.136. The topological polar surface area (TPSA) is 46.2 Å². The minimum atomic E-state index is -0.368. The molecule has 0 amide bonds. The Kier molecular flexibility index (Phi) is 3.39. The Morgan fingerprint density at radius 2 is 2.43 bits per heavy atom. The zero-order valence-corrected chi connectivity index (χ0v) is 4.02. The third-order valence-electron chi connectivity index (χ3n) is 0.367. The van der Waals surface area contributed by atoms with Crippen LogP contribution in [-0.4, -0.2) is 17.8 Å². The number of aliphatic hydroxyl groups excluding tert-OH is 1. The highest BCUT2D eigenvalue weighted by molar-refractivity contribution is 5.07. The second-order valence-corrected chi connectivity index (χ2v) is 1.09. The van der Waals surface area contributed by atoms with Crippen LogP contribution in [0.3, 0.4) is 0 Å². The highest BCUT2D eigenvalue weighted by Gasteiger charge is 1.77. The van der Waals surface area contributed by atoms with Crippen molar-refractivity contribution in [3.8, 4) is 11.8 Å². The minimum Gasteiger partial charge on any atom is -0.384 e. The van der Waals surface area contributed by atoms with Gasteiger partial charge in [-0.2, -0.15) is 0 Å². The van der Waals surface area contributed by atoms with Gasteiger partial charge in [-0.3, -0.25) is 0 Å². The number of aliphatic hydroxyl groups is 1. The molecule has 0 fully saturated rings. The smallest absolute Gasteiger partial charge is 0.104 e. The van der Waals surface area contributed by atoms with Crippen LogP contribution in [0.5, 0.6) is 0 Å². The molecule has 39 valence electrons. The zero-order chi connectivity index (χ0) is 5.70. The van der Waals surface area contributed by atoms with Crippen LogP contribution in [0.25, 0.3) is 0 Å². The summed E-state index contributed by atoms with van der Waals surface area (Å²) in [6.45, 7) is 3.23. The first-order chi connectivity index (χ1) is 3.27. The van der Waals surface area contributed by atoms with Crippen molar-refractivity contribution < 1.29 is 5.11 Å². The normalized spacial score (nSPS) is 11.9. The summed E-state index contributed by atoms with van der Waals surface area (Å²) in [5.74, 6) is 4.83. The quantitative estimate of drug-likeness (QED) is 0.387. The van der Waals surface area contributed by atoms with Gasteiger partial charge in [0, 0.05) is 0 Å². The summed E-state index contributed by atoms with van der Waals surface area (Å²) in [5.41, 5.74) is 5.08. The molecule has 0 saturated heterocycles. The lowest BCUT2D eigenvalue weighted by molar-refractivity contribution is 0.350. The number of hydrogen-bond acceptors (Lipinski definition) is 2. The predicted octanol–water partition coefficient (Wildman–Crippen LogP) is -0.857. The molecule has 0 aliphatic heterocycles. The fraction of sp³-hybridized carbons (Fsp3) is 0.400. The molecule has 0 aromatic heterocycles. The zero-order valence-electron chi connectivity index (χ0n) is 4.02. The molecule has 0 aliphatic carbocycles. The maximum absolute atomic E-state index is 8.06. The van der Waals surface area contributed by atoms with E-state index in [0.717, 1.165) is 0 Å². The summed E-state index contributed by atoms with van der Waals surface area (Å²) in [5, 5.41) is 8.06. The monoisotopic (exact) mass is 98.1 g/mol. The van der Waals surface area contributed by atoms with Crippen molar-refractivity contribution in [2.75, 3.05) is 6.61 Å². The third kappa shape index (κ3) is 5.48. The molecule has 3 N–H and O–H groups in total. The largest absolute Gasteiger partial charge is 0.384 e. The summed E-state index contributed by atoms with van der Waals surface area (Å²) in [4.78, 5) is 0. The highest BCUT2D eigenvalue weighted by atomic mass is 16.2. The van der Waals surface area contributed by atoms with Gasteiger partial charge in [0.2, 0.25) is 0 Å². The fourth-order valence-corrected chi connectivity index (χ4v) is 0.177.